The number of methoxy groups -OCH3 is 1. The summed E-state index contributed by atoms with van der Waals surface area (Å²) in [4.78, 5) is 25.0. The van der Waals surface area contributed by atoms with E-state index in [0.717, 1.165) is 32.1 Å². The van der Waals surface area contributed by atoms with Gasteiger partial charge in [-0.2, -0.15) is 0 Å². The summed E-state index contributed by atoms with van der Waals surface area (Å²) >= 11 is 6.08. The van der Waals surface area contributed by atoms with Crippen molar-refractivity contribution in [3.63, 3.8) is 0 Å². The molecule has 1 aliphatic heterocycles. The molecule has 1 aliphatic rings. The van der Waals surface area contributed by atoms with E-state index in [-0.39, 0.29) is 5.91 Å². The maximum atomic E-state index is 12.2. The van der Waals surface area contributed by atoms with Crippen LogP contribution < -0.4 is 15.0 Å². The van der Waals surface area contributed by atoms with Gasteiger partial charge >= 0.3 is 0 Å². The summed E-state index contributed by atoms with van der Waals surface area (Å²) in [6, 6.07) is 6.99. The van der Waals surface area contributed by atoms with E-state index in [1.807, 2.05) is 0 Å². The Kier molecular flexibility index (Phi) is 5.67. The number of halogens is 1. The number of piperazine rings is 1. The van der Waals surface area contributed by atoms with Crippen molar-refractivity contribution in [2.24, 2.45) is 0 Å². The van der Waals surface area contributed by atoms with Gasteiger partial charge in [-0.3, -0.25) is 9.69 Å². The van der Waals surface area contributed by atoms with Gasteiger partial charge in [0.25, 0.3) is 0 Å². The van der Waals surface area contributed by atoms with Crippen molar-refractivity contribution in [2.75, 3.05) is 50.1 Å². The fraction of sp³-hybridized carbons (Fsp3) is 0.353. The van der Waals surface area contributed by atoms with Crippen molar-refractivity contribution in [3.05, 3.63) is 41.7 Å². The first-order chi connectivity index (χ1) is 12.2. The summed E-state index contributed by atoms with van der Waals surface area (Å²) in [7, 11) is 1.56. The van der Waals surface area contributed by atoms with Crippen molar-refractivity contribution in [3.8, 4) is 5.75 Å². The van der Waals surface area contributed by atoms with Crippen molar-refractivity contribution >= 4 is 29.1 Å². The molecular weight excluding hydrogens is 342 g/mol. The lowest BCUT2D eigenvalue weighted by Crippen LogP contribution is -2.49. The highest BCUT2D eigenvalue weighted by molar-refractivity contribution is 6.32. The number of ether oxygens (including phenoxy) is 1. The molecule has 0 atom stereocenters. The van der Waals surface area contributed by atoms with E-state index >= 15 is 0 Å². The Morgan fingerprint density at radius 2 is 1.96 bits per heavy atom. The molecule has 1 aromatic carbocycles. The second-order valence-corrected chi connectivity index (χ2v) is 6.12. The lowest BCUT2D eigenvalue weighted by atomic mass is 10.3. The van der Waals surface area contributed by atoms with Gasteiger partial charge in [0.2, 0.25) is 11.9 Å². The highest BCUT2D eigenvalue weighted by Crippen LogP contribution is 2.27. The fourth-order valence-electron chi connectivity index (χ4n) is 2.71. The molecule has 0 bridgehead atoms. The monoisotopic (exact) mass is 361 g/mol. The molecule has 25 heavy (non-hydrogen) atoms. The van der Waals surface area contributed by atoms with Crippen molar-refractivity contribution in [1.29, 1.82) is 0 Å². The smallest absolute Gasteiger partial charge is 0.238 e. The minimum absolute atomic E-state index is 0.0642. The largest absolute Gasteiger partial charge is 0.495 e. The summed E-state index contributed by atoms with van der Waals surface area (Å²) in [5, 5.41) is 3.33. The number of anilines is 2. The van der Waals surface area contributed by atoms with Gasteiger partial charge in [0.1, 0.15) is 5.75 Å². The second kappa shape index (κ2) is 8.13. The van der Waals surface area contributed by atoms with Crippen LogP contribution in [0.4, 0.5) is 11.6 Å². The molecular formula is C17H20ClN5O2. The van der Waals surface area contributed by atoms with Crippen molar-refractivity contribution in [2.45, 2.75) is 0 Å². The average molecular weight is 362 g/mol. The van der Waals surface area contributed by atoms with Crippen LogP contribution >= 0.6 is 11.6 Å². The van der Waals surface area contributed by atoms with Crippen LogP contribution in [0.2, 0.25) is 5.02 Å². The zero-order valence-electron chi connectivity index (χ0n) is 14.0. The second-order valence-electron chi connectivity index (χ2n) is 5.71. The first-order valence-electron chi connectivity index (χ1n) is 8.03. The lowest BCUT2D eigenvalue weighted by Gasteiger charge is -2.34. The van der Waals surface area contributed by atoms with Crippen LogP contribution in [0, 0.1) is 0 Å². The summed E-state index contributed by atoms with van der Waals surface area (Å²) in [5.41, 5.74) is 0.659. The molecule has 1 fully saturated rings. The first kappa shape index (κ1) is 17.4. The minimum atomic E-state index is -0.0642. The molecule has 132 valence electrons. The molecule has 1 N–H and O–H groups in total. The highest BCUT2D eigenvalue weighted by atomic mass is 35.5. The van der Waals surface area contributed by atoms with Crippen molar-refractivity contribution in [1.82, 2.24) is 14.9 Å². The number of carbonyl (C=O) groups is 1. The molecule has 0 aliphatic carbocycles. The molecule has 1 saturated heterocycles. The number of hydrogen-bond acceptors (Lipinski definition) is 6. The Balaban J connectivity index is 1.49. The van der Waals surface area contributed by atoms with Gasteiger partial charge in [-0.1, -0.05) is 11.6 Å². The van der Waals surface area contributed by atoms with Crippen LogP contribution in [-0.2, 0) is 4.79 Å². The number of nitrogens with one attached hydrogen (secondary N) is 1. The number of benzene rings is 1. The number of carbonyl (C=O) groups excluding carboxylic acids is 1. The number of amides is 1. The Bertz CT molecular complexity index is 720. The normalized spacial score (nSPS) is 15.0. The van der Waals surface area contributed by atoms with Gasteiger partial charge in [-0.15, -0.1) is 0 Å². The third kappa shape index (κ3) is 4.58. The Hall–Kier alpha value is -2.38. The Labute approximate surface area is 151 Å². The molecule has 8 heteroatoms. The molecule has 1 aromatic heterocycles. The van der Waals surface area contributed by atoms with Crippen LogP contribution in [0.5, 0.6) is 5.75 Å². The topological polar surface area (TPSA) is 70.6 Å². The molecule has 0 radical (unpaired) electrons. The van der Waals surface area contributed by atoms with Crippen LogP contribution in [0.25, 0.3) is 0 Å². The number of nitrogens with zero attached hydrogens (tertiary/aromatic N) is 4. The summed E-state index contributed by atoms with van der Waals surface area (Å²) < 4.78 is 5.11. The number of aromatic nitrogens is 2. The van der Waals surface area contributed by atoms with Crippen LogP contribution in [0.15, 0.2) is 36.7 Å². The summed E-state index contributed by atoms with van der Waals surface area (Å²) in [6.45, 7) is 3.51. The molecule has 2 heterocycles. The predicted octanol–water partition coefficient (Wildman–Crippen LogP) is 1.90. The van der Waals surface area contributed by atoms with Gasteiger partial charge in [-0.25, -0.2) is 9.97 Å². The maximum absolute atomic E-state index is 12.2. The molecule has 2 aromatic rings. The quantitative estimate of drug-likeness (QED) is 0.877. The van der Waals surface area contributed by atoms with E-state index in [1.54, 1.807) is 43.8 Å². The number of hydrogen-bond donors (Lipinski definition) is 1. The molecule has 3 rings (SSSR count). The SMILES string of the molecule is COc1ccc(NC(=O)CN2CCN(c3ncccn3)CC2)cc1Cl. The van der Waals surface area contributed by atoms with E-state index in [0.29, 0.717) is 23.0 Å². The third-order valence-electron chi connectivity index (χ3n) is 4.01. The standard InChI is InChI=1S/C17H20ClN5O2/c1-25-15-4-3-13(11-14(15)18)21-16(24)12-22-7-9-23(10-8-22)17-19-5-2-6-20-17/h2-6,11H,7-10,12H2,1H3,(H,21,24). The molecule has 0 saturated carbocycles. The van der Waals surface area contributed by atoms with E-state index in [9.17, 15) is 4.79 Å². The van der Waals surface area contributed by atoms with Gasteiger partial charge < -0.3 is 15.0 Å². The van der Waals surface area contributed by atoms with Crippen LogP contribution in [-0.4, -0.2) is 60.6 Å². The predicted molar refractivity (Wildman–Crippen MR) is 97.3 cm³/mol. The van der Waals surface area contributed by atoms with Gasteiger partial charge in [-0.05, 0) is 24.3 Å². The van der Waals surface area contributed by atoms with Crippen LogP contribution in [0.3, 0.4) is 0 Å². The lowest BCUT2D eigenvalue weighted by molar-refractivity contribution is -0.117. The highest BCUT2D eigenvalue weighted by Gasteiger charge is 2.20. The van der Waals surface area contributed by atoms with Crippen molar-refractivity contribution < 1.29 is 9.53 Å². The van der Waals surface area contributed by atoms with E-state index in [1.165, 1.54) is 0 Å². The molecule has 0 spiro atoms. The van der Waals surface area contributed by atoms with Crippen LogP contribution in [0.1, 0.15) is 0 Å². The van der Waals surface area contributed by atoms with Gasteiger partial charge in [0, 0.05) is 44.3 Å². The third-order valence-corrected chi connectivity index (χ3v) is 4.31. The summed E-state index contributed by atoms with van der Waals surface area (Å²) in [5.74, 6) is 1.25. The van der Waals surface area contributed by atoms with E-state index in [4.69, 9.17) is 16.3 Å². The first-order valence-corrected chi connectivity index (χ1v) is 8.41. The fourth-order valence-corrected chi connectivity index (χ4v) is 2.97. The zero-order chi connectivity index (χ0) is 17.6. The molecule has 1 amide bonds. The Morgan fingerprint density at radius 1 is 1.24 bits per heavy atom. The zero-order valence-corrected chi connectivity index (χ0v) is 14.7. The Morgan fingerprint density at radius 3 is 2.60 bits per heavy atom. The van der Waals surface area contributed by atoms with E-state index < -0.39 is 0 Å². The molecule has 7 nitrogen and oxygen atoms in total. The van der Waals surface area contributed by atoms with Gasteiger partial charge in [0.05, 0.1) is 18.7 Å². The van der Waals surface area contributed by atoms with Gasteiger partial charge in [0.15, 0.2) is 0 Å². The minimum Gasteiger partial charge on any atom is -0.495 e. The van der Waals surface area contributed by atoms with E-state index in [2.05, 4.69) is 25.1 Å². The number of rotatable bonds is 5. The molecule has 0 unspecified atom stereocenters. The average Bonchev–Trinajstić information content (AvgIpc) is 2.63. The summed E-state index contributed by atoms with van der Waals surface area (Å²) in [6.07, 6.45) is 3.48. The maximum Gasteiger partial charge on any atom is 0.238 e.